The lowest BCUT2D eigenvalue weighted by atomic mass is 9.79. The molecule has 0 radical (unpaired) electrons. The fraction of sp³-hybridized carbons (Fsp3) is 0.714. The van der Waals surface area contributed by atoms with Crippen molar-refractivity contribution in [3.05, 3.63) is 10.6 Å². The molecule has 0 aliphatic carbocycles. The van der Waals surface area contributed by atoms with Crippen LogP contribution in [0.2, 0.25) is 0 Å². The van der Waals surface area contributed by atoms with Gasteiger partial charge in [-0.1, -0.05) is 13.8 Å². The maximum absolute atomic E-state index is 13.3. The van der Waals surface area contributed by atoms with E-state index in [1.807, 2.05) is 6.92 Å². The molecule has 0 aromatic heterocycles. The number of likely N-dealkylation sites (N-methyl/N-ethyl adjacent to an activating group) is 1. The van der Waals surface area contributed by atoms with Crippen LogP contribution in [0.1, 0.15) is 54.4 Å². The molecule has 240 valence electrons. The molecule has 3 heterocycles. The number of nitrogens with zero attached hydrogens (tertiary/aromatic N) is 3. The molecule has 15 heteroatoms. The Bertz CT molecular complexity index is 1180. The van der Waals surface area contributed by atoms with E-state index < -0.39 is 78.3 Å². The van der Waals surface area contributed by atoms with Crippen LogP contribution in [0, 0.1) is 17.3 Å². The average Bonchev–Trinajstić information content (AvgIpc) is 3.44. The van der Waals surface area contributed by atoms with Gasteiger partial charge in [-0.15, -0.1) is 11.8 Å². The number of aliphatic hydroxyl groups excluding tert-OH is 1. The van der Waals surface area contributed by atoms with E-state index in [2.05, 4.69) is 0 Å². The van der Waals surface area contributed by atoms with Gasteiger partial charge in [-0.3, -0.25) is 24.1 Å². The third kappa shape index (κ3) is 7.25. The average molecular weight is 628 g/mol. The van der Waals surface area contributed by atoms with Crippen LogP contribution in [0.15, 0.2) is 10.6 Å². The predicted octanol–water partition coefficient (Wildman–Crippen LogP) is 1.46. The number of likely N-dealkylation sites (tertiary alicyclic amines) is 1. The van der Waals surface area contributed by atoms with E-state index >= 15 is 0 Å². The summed E-state index contributed by atoms with van der Waals surface area (Å²) in [4.78, 5) is 80.2. The molecule has 0 unspecified atom stereocenters. The minimum Gasteiger partial charge on any atom is -0.428 e. The Morgan fingerprint density at radius 2 is 1.70 bits per heavy atom. The summed E-state index contributed by atoms with van der Waals surface area (Å²) in [6.45, 7) is 8.71. The molecule has 0 aromatic rings. The van der Waals surface area contributed by atoms with Gasteiger partial charge in [0.2, 0.25) is 25.4 Å². The predicted molar refractivity (Wildman–Crippen MR) is 151 cm³/mol. The van der Waals surface area contributed by atoms with E-state index in [9.17, 15) is 33.9 Å². The summed E-state index contributed by atoms with van der Waals surface area (Å²) < 4.78 is 20.3. The number of esters is 3. The van der Waals surface area contributed by atoms with E-state index in [0.29, 0.717) is 4.91 Å². The summed E-state index contributed by atoms with van der Waals surface area (Å²) in [5, 5.41) is 9.88. The second-order valence-electron chi connectivity index (χ2n) is 12.0. The van der Waals surface area contributed by atoms with E-state index in [0.717, 1.165) is 0 Å². The minimum absolute atomic E-state index is 0.0146. The molecule has 14 nitrogen and oxygen atoms in total. The lowest BCUT2D eigenvalue weighted by molar-refractivity contribution is -0.175. The van der Waals surface area contributed by atoms with Gasteiger partial charge in [0.25, 0.3) is 0 Å². The van der Waals surface area contributed by atoms with Gasteiger partial charge in [-0.05, 0) is 34.1 Å². The first-order valence-electron chi connectivity index (χ1n) is 14.1. The Labute approximate surface area is 255 Å². The zero-order valence-electron chi connectivity index (χ0n) is 25.8. The number of rotatable bonds is 10. The van der Waals surface area contributed by atoms with E-state index in [1.165, 1.54) is 33.4 Å². The number of β-lactam (4-membered cyclic amide) rings is 1. The molecule has 3 aliphatic heterocycles. The van der Waals surface area contributed by atoms with E-state index in [-0.39, 0.29) is 36.9 Å². The second-order valence-corrected chi connectivity index (χ2v) is 13.3. The van der Waals surface area contributed by atoms with Crippen molar-refractivity contribution >= 4 is 47.6 Å². The molecule has 2 saturated heterocycles. The van der Waals surface area contributed by atoms with Crippen LogP contribution in [0.3, 0.4) is 0 Å². The Hall–Kier alpha value is -3.33. The fourth-order valence-corrected chi connectivity index (χ4v) is 6.74. The van der Waals surface area contributed by atoms with E-state index in [4.69, 9.17) is 18.9 Å². The molecule has 6 atom stereocenters. The minimum atomic E-state index is -0.953. The molecule has 43 heavy (non-hydrogen) atoms. The van der Waals surface area contributed by atoms with Crippen LogP contribution in [-0.2, 0) is 42.9 Å². The van der Waals surface area contributed by atoms with Gasteiger partial charge in [0, 0.05) is 43.1 Å². The van der Waals surface area contributed by atoms with Crippen LogP contribution in [0.5, 0.6) is 0 Å². The molecule has 0 saturated carbocycles. The van der Waals surface area contributed by atoms with Gasteiger partial charge in [-0.25, -0.2) is 9.59 Å². The molecular formula is C28H41N3O11S. The van der Waals surface area contributed by atoms with Gasteiger partial charge < -0.3 is 33.9 Å². The van der Waals surface area contributed by atoms with Crippen molar-refractivity contribution in [2.45, 2.75) is 77.8 Å². The number of hydrogen-bond acceptors (Lipinski definition) is 12. The molecule has 3 amide bonds. The largest absolute Gasteiger partial charge is 0.428 e. The van der Waals surface area contributed by atoms with Crippen molar-refractivity contribution in [3.63, 3.8) is 0 Å². The first kappa shape index (κ1) is 34.2. The highest BCUT2D eigenvalue weighted by Gasteiger charge is 2.60. The Morgan fingerprint density at radius 1 is 1.07 bits per heavy atom. The molecule has 0 bridgehead atoms. The number of carbonyl (C=O) groups excluding carboxylic acids is 6. The molecule has 2 fully saturated rings. The van der Waals surface area contributed by atoms with Crippen molar-refractivity contribution in [1.29, 1.82) is 0 Å². The Morgan fingerprint density at radius 3 is 2.26 bits per heavy atom. The van der Waals surface area contributed by atoms with Gasteiger partial charge in [0.1, 0.15) is 11.7 Å². The fourth-order valence-electron chi connectivity index (χ4n) is 5.22. The summed E-state index contributed by atoms with van der Waals surface area (Å²) in [6.07, 6.45) is -1.47. The Kier molecular flexibility index (Phi) is 10.8. The van der Waals surface area contributed by atoms with Crippen molar-refractivity contribution in [1.82, 2.24) is 14.7 Å². The molecule has 3 aliphatic rings. The number of fused-ring (bicyclic) bond motifs is 1. The number of ether oxygens (including phenoxy) is 4. The number of amides is 3. The van der Waals surface area contributed by atoms with E-state index in [1.54, 1.807) is 41.8 Å². The standard InChI is InChI=1S/C28H41N3O11S/c1-9-18(33)39-12-42-27(38)30-11-16(10-17(30)23(34)29(7)8)43-22-14(2)20-19(15(3)32)24(35)31(20)21(22)25(36)40-13-41-26(37)28(4,5)6/h14-17,19-20,32H,9-13H2,1-8H3/t14-,15-,16+,17+,19-,20-/m1/s1. The molecule has 3 rings (SSSR count). The lowest BCUT2D eigenvalue weighted by Crippen LogP contribution is -2.63. The van der Waals surface area contributed by atoms with Gasteiger partial charge in [0.05, 0.1) is 23.5 Å². The Balaban J connectivity index is 1.84. The summed E-state index contributed by atoms with van der Waals surface area (Å²) in [6, 6.07) is -1.38. The molecule has 0 spiro atoms. The molecular weight excluding hydrogens is 586 g/mol. The normalized spacial score (nSPS) is 25.5. The zero-order chi connectivity index (χ0) is 32.4. The van der Waals surface area contributed by atoms with Crippen LogP contribution < -0.4 is 0 Å². The van der Waals surface area contributed by atoms with Crippen molar-refractivity contribution in [2.75, 3.05) is 34.2 Å². The van der Waals surface area contributed by atoms with Gasteiger partial charge in [0.15, 0.2) is 0 Å². The van der Waals surface area contributed by atoms with Gasteiger partial charge >= 0.3 is 24.0 Å². The maximum Gasteiger partial charge on any atom is 0.413 e. The number of hydrogen-bond donors (Lipinski definition) is 1. The summed E-state index contributed by atoms with van der Waals surface area (Å²) in [7, 11) is 3.12. The van der Waals surface area contributed by atoms with Crippen LogP contribution in [0.4, 0.5) is 4.79 Å². The monoisotopic (exact) mass is 627 g/mol. The summed E-state index contributed by atoms with van der Waals surface area (Å²) in [5.74, 6) is -3.86. The highest BCUT2D eigenvalue weighted by molar-refractivity contribution is 8.03. The SMILES string of the molecule is CCC(=O)OCOC(=O)N1C[C@@H](SC2=C(C(=O)OCOC(=O)C(C)(C)C)N3C(=O)[C@H]([C@@H](C)O)[C@H]3[C@H]2C)C[C@H]1C(=O)N(C)C. The topological polar surface area (TPSA) is 169 Å². The molecule has 1 N–H and O–H groups in total. The first-order chi connectivity index (χ1) is 20.0. The van der Waals surface area contributed by atoms with Crippen LogP contribution >= 0.6 is 11.8 Å². The maximum atomic E-state index is 13.3. The van der Waals surface area contributed by atoms with Crippen LogP contribution in [0.25, 0.3) is 0 Å². The first-order valence-corrected chi connectivity index (χ1v) is 15.0. The number of thioether (sulfide) groups is 1. The highest BCUT2D eigenvalue weighted by atomic mass is 32.2. The number of aliphatic hydroxyl groups is 1. The zero-order valence-corrected chi connectivity index (χ0v) is 26.6. The molecule has 0 aromatic carbocycles. The lowest BCUT2D eigenvalue weighted by Gasteiger charge is -2.46. The second kappa shape index (κ2) is 13.5. The summed E-state index contributed by atoms with van der Waals surface area (Å²) >= 11 is 1.24. The highest BCUT2D eigenvalue weighted by Crippen LogP contribution is 2.52. The summed E-state index contributed by atoms with van der Waals surface area (Å²) in [5.41, 5.74) is -0.829. The number of carbonyl (C=O) groups is 6. The van der Waals surface area contributed by atoms with Crippen molar-refractivity contribution in [2.24, 2.45) is 17.3 Å². The van der Waals surface area contributed by atoms with Crippen LogP contribution in [-0.4, -0.2) is 113 Å². The third-order valence-electron chi connectivity index (χ3n) is 7.50. The van der Waals surface area contributed by atoms with Crippen molar-refractivity contribution in [3.8, 4) is 0 Å². The van der Waals surface area contributed by atoms with Gasteiger partial charge in [-0.2, -0.15) is 0 Å². The third-order valence-corrected chi connectivity index (χ3v) is 9.00. The quantitative estimate of drug-likeness (QED) is 0.211. The van der Waals surface area contributed by atoms with Crippen molar-refractivity contribution < 1.29 is 52.8 Å². The smallest absolute Gasteiger partial charge is 0.413 e.